The SMILES string of the molecule is COC(=O)C1(C(=O)OC)C=C(c2ccc(OC)cc2)OC(c2ccc(OC)cc2)=C1. The molecule has 3 rings (SSSR count). The number of methoxy groups -OCH3 is 4. The Bertz CT molecular complexity index is 904. The topological polar surface area (TPSA) is 80.3 Å². The highest BCUT2D eigenvalue weighted by atomic mass is 16.5. The van der Waals surface area contributed by atoms with Gasteiger partial charge in [0.2, 0.25) is 5.41 Å². The zero-order valence-electron chi connectivity index (χ0n) is 17.1. The van der Waals surface area contributed by atoms with Crippen LogP contribution >= 0.6 is 0 Å². The first-order chi connectivity index (χ1) is 14.5. The van der Waals surface area contributed by atoms with Crippen molar-refractivity contribution in [2.75, 3.05) is 28.4 Å². The molecule has 0 aromatic heterocycles. The fourth-order valence-corrected chi connectivity index (χ4v) is 3.08. The third-order valence-corrected chi connectivity index (χ3v) is 4.73. The van der Waals surface area contributed by atoms with Crippen LogP contribution in [0, 0.1) is 5.41 Å². The molecule has 7 heteroatoms. The summed E-state index contributed by atoms with van der Waals surface area (Å²) in [5.41, 5.74) is -0.508. The maximum Gasteiger partial charge on any atom is 0.331 e. The largest absolute Gasteiger partial charge is 0.497 e. The lowest BCUT2D eigenvalue weighted by molar-refractivity contribution is -0.161. The number of hydrogen-bond acceptors (Lipinski definition) is 7. The molecule has 0 saturated heterocycles. The Kier molecular flexibility index (Phi) is 6.11. The van der Waals surface area contributed by atoms with E-state index in [1.807, 2.05) is 0 Å². The van der Waals surface area contributed by atoms with E-state index in [9.17, 15) is 9.59 Å². The van der Waals surface area contributed by atoms with Crippen molar-refractivity contribution in [3.05, 3.63) is 71.8 Å². The number of ether oxygens (including phenoxy) is 5. The lowest BCUT2D eigenvalue weighted by atomic mass is 9.83. The summed E-state index contributed by atoms with van der Waals surface area (Å²) in [6.07, 6.45) is 2.80. The number of benzene rings is 2. The van der Waals surface area contributed by atoms with E-state index in [0.717, 1.165) is 0 Å². The van der Waals surface area contributed by atoms with Gasteiger partial charge in [-0.25, -0.2) is 0 Å². The van der Waals surface area contributed by atoms with E-state index in [0.29, 0.717) is 34.1 Å². The van der Waals surface area contributed by atoms with Crippen LogP contribution in [0.1, 0.15) is 11.1 Å². The molecule has 7 nitrogen and oxygen atoms in total. The molecule has 156 valence electrons. The summed E-state index contributed by atoms with van der Waals surface area (Å²) < 4.78 is 26.3. The van der Waals surface area contributed by atoms with Crippen LogP contribution in [-0.2, 0) is 23.8 Å². The highest BCUT2D eigenvalue weighted by Crippen LogP contribution is 2.40. The van der Waals surface area contributed by atoms with Crippen molar-refractivity contribution in [2.45, 2.75) is 0 Å². The fraction of sp³-hybridized carbons (Fsp3) is 0.217. The van der Waals surface area contributed by atoms with Gasteiger partial charge in [0.15, 0.2) is 0 Å². The summed E-state index contributed by atoms with van der Waals surface area (Å²) in [4.78, 5) is 25.5. The third-order valence-electron chi connectivity index (χ3n) is 4.73. The lowest BCUT2D eigenvalue weighted by Crippen LogP contribution is -2.39. The van der Waals surface area contributed by atoms with Crippen molar-refractivity contribution in [3.8, 4) is 11.5 Å². The Morgan fingerprint density at radius 2 is 1.03 bits per heavy atom. The molecule has 1 aliphatic heterocycles. The van der Waals surface area contributed by atoms with Gasteiger partial charge in [-0.05, 0) is 60.7 Å². The summed E-state index contributed by atoms with van der Waals surface area (Å²) >= 11 is 0. The number of carbonyl (C=O) groups is 2. The second-order valence-electron chi connectivity index (χ2n) is 6.43. The maximum absolute atomic E-state index is 12.7. The summed E-state index contributed by atoms with van der Waals surface area (Å²) in [7, 11) is 5.55. The molecule has 0 unspecified atom stereocenters. The van der Waals surface area contributed by atoms with E-state index in [1.54, 1.807) is 62.8 Å². The second kappa shape index (κ2) is 8.73. The molecular formula is C23H22O7. The molecule has 0 N–H and O–H groups in total. The van der Waals surface area contributed by atoms with Gasteiger partial charge in [0.1, 0.15) is 23.0 Å². The molecule has 0 amide bonds. The smallest absolute Gasteiger partial charge is 0.331 e. The van der Waals surface area contributed by atoms with Gasteiger partial charge in [-0.15, -0.1) is 0 Å². The van der Waals surface area contributed by atoms with E-state index in [1.165, 1.54) is 26.4 Å². The third kappa shape index (κ3) is 3.87. The molecule has 0 bridgehead atoms. The van der Waals surface area contributed by atoms with Crippen molar-refractivity contribution in [2.24, 2.45) is 5.41 Å². The average Bonchev–Trinajstić information content (AvgIpc) is 2.82. The summed E-state index contributed by atoms with van der Waals surface area (Å²) in [5, 5.41) is 0. The van der Waals surface area contributed by atoms with E-state index < -0.39 is 17.4 Å². The van der Waals surface area contributed by atoms with Crippen LogP contribution in [-0.4, -0.2) is 40.4 Å². The lowest BCUT2D eigenvalue weighted by Gasteiger charge is -2.29. The predicted molar refractivity (Wildman–Crippen MR) is 109 cm³/mol. The van der Waals surface area contributed by atoms with Crippen LogP contribution in [0.5, 0.6) is 11.5 Å². The van der Waals surface area contributed by atoms with Crippen LogP contribution in [0.15, 0.2) is 60.7 Å². The molecule has 0 aliphatic carbocycles. The van der Waals surface area contributed by atoms with Crippen molar-refractivity contribution in [3.63, 3.8) is 0 Å². The van der Waals surface area contributed by atoms with E-state index in [-0.39, 0.29) is 0 Å². The summed E-state index contributed by atoms with van der Waals surface area (Å²) in [5.74, 6) is 0.370. The monoisotopic (exact) mass is 410 g/mol. The van der Waals surface area contributed by atoms with Gasteiger partial charge in [0.25, 0.3) is 0 Å². The van der Waals surface area contributed by atoms with Gasteiger partial charge in [0, 0.05) is 11.1 Å². The van der Waals surface area contributed by atoms with Gasteiger partial charge in [0.05, 0.1) is 28.4 Å². The standard InChI is InChI=1S/C23H22O7/c1-26-17-9-5-15(6-10-17)19-13-23(21(24)28-3,22(25)29-4)14-20(30-19)16-7-11-18(27-2)12-8-16/h5-14H,1-4H3. The first kappa shape index (κ1) is 21.0. The molecule has 30 heavy (non-hydrogen) atoms. The highest BCUT2D eigenvalue weighted by Gasteiger charge is 2.48. The molecule has 0 saturated carbocycles. The van der Waals surface area contributed by atoms with Crippen LogP contribution in [0.2, 0.25) is 0 Å². The molecular weight excluding hydrogens is 388 g/mol. The Morgan fingerprint density at radius 3 is 1.33 bits per heavy atom. The van der Waals surface area contributed by atoms with Crippen molar-refractivity contribution >= 4 is 23.5 Å². The highest BCUT2D eigenvalue weighted by molar-refractivity contribution is 6.07. The summed E-state index contributed by atoms with van der Waals surface area (Å²) in [6.45, 7) is 0. The first-order valence-electron chi connectivity index (χ1n) is 9.06. The second-order valence-corrected chi connectivity index (χ2v) is 6.43. The maximum atomic E-state index is 12.7. The number of esters is 2. The molecule has 2 aromatic rings. The van der Waals surface area contributed by atoms with Crippen LogP contribution in [0.3, 0.4) is 0 Å². The Morgan fingerprint density at radius 1 is 0.667 bits per heavy atom. The quantitative estimate of drug-likeness (QED) is 0.533. The van der Waals surface area contributed by atoms with E-state index >= 15 is 0 Å². The zero-order chi connectivity index (χ0) is 21.7. The van der Waals surface area contributed by atoms with Gasteiger partial charge >= 0.3 is 11.9 Å². The van der Waals surface area contributed by atoms with Gasteiger partial charge in [-0.2, -0.15) is 0 Å². The number of hydrogen-bond donors (Lipinski definition) is 0. The molecule has 1 aliphatic rings. The van der Waals surface area contributed by atoms with Gasteiger partial charge in [-0.3, -0.25) is 9.59 Å². The minimum atomic E-state index is -1.80. The number of rotatable bonds is 6. The molecule has 1 heterocycles. The molecule has 2 aromatic carbocycles. The Labute approximate surface area is 174 Å². The van der Waals surface area contributed by atoms with Crippen LogP contribution in [0.25, 0.3) is 11.5 Å². The minimum Gasteiger partial charge on any atom is -0.497 e. The van der Waals surface area contributed by atoms with E-state index in [4.69, 9.17) is 23.7 Å². The molecule has 0 fully saturated rings. The predicted octanol–water partition coefficient (Wildman–Crippen LogP) is 3.45. The summed E-state index contributed by atoms with van der Waals surface area (Å²) in [6, 6.07) is 14.1. The van der Waals surface area contributed by atoms with Crippen molar-refractivity contribution < 1.29 is 33.3 Å². The van der Waals surface area contributed by atoms with Gasteiger partial charge in [-0.1, -0.05) is 0 Å². The van der Waals surface area contributed by atoms with Crippen molar-refractivity contribution in [1.29, 1.82) is 0 Å². The average molecular weight is 410 g/mol. The zero-order valence-corrected chi connectivity index (χ0v) is 17.1. The number of carbonyl (C=O) groups excluding carboxylic acids is 2. The van der Waals surface area contributed by atoms with Crippen LogP contribution < -0.4 is 9.47 Å². The normalized spacial score (nSPS) is 14.5. The van der Waals surface area contributed by atoms with Crippen molar-refractivity contribution in [1.82, 2.24) is 0 Å². The molecule has 0 radical (unpaired) electrons. The minimum absolute atomic E-state index is 0.307. The van der Waals surface area contributed by atoms with E-state index in [2.05, 4.69) is 0 Å². The Balaban J connectivity index is 2.16. The fourth-order valence-electron chi connectivity index (χ4n) is 3.08. The van der Waals surface area contributed by atoms with Crippen LogP contribution in [0.4, 0.5) is 0 Å². The first-order valence-corrected chi connectivity index (χ1v) is 9.06. The van der Waals surface area contributed by atoms with Gasteiger partial charge < -0.3 is 23.7 Å². The molecule has 0 atom stereocenters. The Hall–Kier alpha value is -3.74. The molecule has 0 spiro atoms.